The van der Waals surface area contributed by atoms with Crippen molar-refractivity contribution >= 4 is 27.3 Å². The normalized spacial score (nSPS) is 11.2. The van der Waals surface area contributed by atoms with Gasteiger partial charge in [0.2, 0.25) is 0 Å². The van der Waals surface area contributed by atoms with Gasteiger partial charge in [0.05, 0.1) is 16.8 Å². The molecule has 0 amide bonds. The van der Waals surface area contributed by atoms with Crippen LogP contribution in [0.5, 0.6) is 0 Å². The van der Waals surface area contributed by atoms with Crippen molar-refractivity contribution in [1.82, 2.24) is 10.1 Å². The van der Waals surface area contributed by atoms with Crippen LogP contribution >= 0.6 is 0 Å². The van der Waals surface area contributed by atoms with E-state index >= 15 is 0 Å². The maximum Gasteiger partial charge on any atom is 0.261 e. The molecule has 7 nitrogen and oxygen atoms in total. The van der Waals surface area contributed by atoms with Crippen molar-refractivity contribution < 1.29 is 17.3 Å². The van der Waals surface area contributed by atoms with E-state index in [2.05, 4.69) is 20.2 Å². The van der Waals surface area contributed by atoms with Crippen molar-refractivity contribution in [2.24, 2.45) is 0 Å². The number of halogens is 1. The first-order valence-electron chi connectivity index (χ1n) is 6.87. The largest absolute Gasteiger partial charge is 0.360 e. The Bertz CT molecular complexity index is 938. The molecule has 9 heteroatoms. The van der Waals surface area contributed by atoms with E-state index in [1.54, 1.807) is 25.1 Å². The number of hydrogen-bond acceptors (Lipinski definition) is 6. The van der Waals surface area contributed by atoms with Crippen molar-refractivity contribution in [3.63, 3.8) is 0 Å². The van der Waals surface area contributed by atoms with Gasteiger partial charge < -0.3 is 9.84 Å². The predicted molar refractivity (Wildman–Crippen MR) is 86.0 cm³/mol. The Balaban J connectivity index is 1.72. The van der Waals surface area contributed by atoms with Gasteiger partial charge >= 0.3 is 0 Å². The predicted octanol–water partition coefficient (Wildman–Crippen LogP) is 3.06. The maximum atomic E-state index is 12.9. The maximum absolute atomic E-state index is 12.9. The summed E-state index contributed by atoms with van der Waals surface area (Å²) in [7, 11) is -3.80. The fraction of sp³-hybridized carbons (Fsp3) is 0.0667. The van der Waals surface area contributed by atoms with E-state index < -0.39 is 15.8 Å². The zero-order chi connectivity index (χ0) is 17.2. The summed E-state index contributed by atoms with van der Waals surface area (Å²) in [6.07, 6.45) is 1.36. The molecule has 0 saturated heterocycles. The van der Waals surface area contributed by atoms with Crippen molar-refractivity contribution in [3.8, 4) is 0 Å². The molecule has 2 aromatic heterocycles. The van der Waals surface area contributed by atoms with Gasteiger partial charge in [0, 0.05) is 6.07 Å². The van der Waals surface area contributed by atoms with E-state index in [-0.39, 0.29) is 10.6 Å². The second-order valence-corrected chi connectivity index (χ2v) is 6.62. The van der Waals surface area contributed by atoms with Crippen LogP contribution in [0.4, 0.5) is 21.7 Å². The van der Waals surface area contributed by atoms with Gasteiger partial charge in [-0.3, -0.25) is 4.72 Å². The van der Waals surface area contributed by atoms with E-state index in [4.69, 9.17) is 4.52 Å². The Morgan fingerprint density at radius 2 is 1.83 bits per heavy atom. The lowest BCUT2D eigenvalue weighted by molar-refractivity contribution is 0.400. The van der Waals surface area contributed by atoms with Gasteiger partial charge in [-0.2, -0.15) is 0 Å². The number of benzene rings is 1. The van der Waals surface area contributed by atoms with Crippen LogP contribution in [0.25, 0.3) is 0 Å². The fourth-order valence-electron chi connectivity index (χ4n) is 1.91. The third-order valence-electron chi connectivity index (χ3n) is 3.02. The van der Waals surface area contributed by atoms with Crippen molar-refractivity contribution in [2.45, 2.75) is 11.8 Å². The minimum absolute atomic E-state index is 0.0378. The number of hydrogen-bond donors (Lipinski definition) is 2. The standard InChI is InChI=1S/C15H13FN4O3S/c1-10-8-15(19-23-10)18-14-7-4-12(9-17-14)20-24(21,22)13-5-2-11(16)3-6-13/h2-9,20H,1H3,(H,17,18,19). The molecular formula is C15H13FN4O3S. The minimum Gasteiger partial charge on any atom is -0.360 e. The van der Waals surface area contributed by atoms with Crippen molar-refractivity contribution in [2.75, 3.05) is 10.0 Å². The molecule has 0 unspecified atom stereocenters. The number of pyridine rings is 1. The number of nitrogens with zero attached hydrogens (tertiary/aromatic N) is 2. The first-order valence-corrected chi connectivity index (χ1v) is 8.35. The van der Waals surface area contributed by atoms with Gasteiger partial charge in [-0.05, 0) is 43.3 Å². The van der Waals surface area contributed by atoms with Crippen LogP contribution in [0.2, 0.25) is 0 Å². The fourth-order valence-corrected chi connectivity index (χ4v) is 2.96. The van der Waals surface area contributed by atoms with Crippen LogP contribution < -0.4 is 10.0 Å². The van der Waals surface area contributed by atoms with Crippen molar-refractivity contribution in [1.29, 1.82) is 0 Å². The molecule has 24 heavy (non-hydrogen) atoms. The molecule has 1 aromatic carbocycles. The molecule has 0 aliphatic rings. The highest BCUT2D eigenvalue weighted by Gasteiger charge is 2.14. The topological polar surface area (TPSA) is 97.1 Å². The van der Waals surface area contributed by atoms with Gasteiger partial charge in [-0.15, -0.1) is 0 Å². The third-order valence-corrected chi connectivity index (χ3v) is 4.42. The molecule has 0 saturated carbocycles. The van der Waals surface area contributed by atoms with E-state index in [0.717, 1.165) is 12.1 Å². The van der Waals surface area contributed by atoms with Gasteiger partial charge in [-0.25, -0.2) is 17.8 Å². The van der Waals surface area contributed by atoms with Crippen LogP contribution in [0.3, 0.4) is 0 Å². The number of aryl methyl sites for hydroxylation is 1. The monoisotopic (exact) mass is 348 g/mol. The van der Waals surface area contributed by atoms with E-state index in [1.807, 2.05) is 0 Å². The summed E-state index contributed by atoms with van der Waals surface area (Å²) < 4.78 is 44.6. The zero-order valence-electron chi connectivity index (χ0n) is 12.5. The Morgan fingerprint density at radius 1 is 1.08 bits per heavy atom. The quantitative estimate of drug-likeness (QED) is 0.735. The minimum atomic E-state index is -3.80. The van der Waals surface area contributed by atoms with Crippen LogP contribution in [0.1, 0.15) is 5.76 Å². The number of sulfonamides is 1. The lowest BCUT2D eigenvalue weighted by Crippen LogP contribution is -2.13. The summed E-state index contributed by atoms with van der Waals surface area (Å²) in [5, 5.41) is 6.69. The highest BCUT2D eigenvalue weighted by Crippen LogP contribution is 2.19. The van der Waals surface area contributed by atoms with Gasteiger partial charge in [0.1, 0.15) is 17.4 Å². The zero-order valence-corrected chi connectivity index (χ0v) is 13.3. The summed E-state index contributed by atoms with van der Waals surface area (Å²) in [5.41, 5.74) is 0.279. The van der Waals surface area contributed by atoms with E-state index in [1.165, 1.54) is 18.3 Å². The van der Waals surface area contributed by atoms with E-state index in [0.29, 0.717) is 17.4 Å². The summed E-state index contributed by atoms with van der Waals surface area (Å²) in [6.45, 7) is 1.76. The lowest BCUT2D eigenvalue weighted by Gasteiger charge is -2.08. The second kappa shape index (κ2) is 6.28. The van der Waals surface area contributed by atoms with Gasteiger partial charge in [-0.1, -0.05) is 5.16 Å². The molecule has 0 radical (unpaired) electrons. The van der Waals surface area contributed by atoms with Crippen molar-refractivity contribution in [3.05, 3.63) is 60.2 Å². The summed E-state index contributed by atoms with van der Waals surface area (Å²) >= 11 is 0. The summed E-state index contributed by atoms with van der Waals surface area (Å²) in [6, 6.07) is 9.38. The average molecular weight is 348 g/mol. The molecule has 2 heterocycles. The SMILES string of the molecule is Cc1cc(Nc2ccc(NS(=O)(=O)c3ccc(F)cc3)cn2)no1. The van der Waals surface area contributed by atoms with Crippen LogP contribution in [-0.4, -0.2) is 18.6 Å². The van der Waals surface area contributed by atoms with Crippen LogP contribution in [-0.2, 0) is 10.0 Å². The molecule has 0 atom stereocenters. The average Bonchev–Trinajstić information content (AvgIpc) is 2.94. The summed E-state index contributed by atoms with van der Waals surface area (Å²) in [4.78, 5) is 4.06. The molecule has 0 bridgehead atoms. The number of rotatable bonds is 5. The molecule has 3 aromatic rings. The van der Waals surface area contributed by atoms with Crippen LogP contribution in [0.15, 0.2) is 58.1 Å². The molecule has 0 spiro atoms. The highest BCUT2D eigenvalue weighted by molar-refractivity contribution is 7.92. The molecule has 124 valence electrons. The Kier molecular flexibility index (Phi) is 4.17. The third kappa shape index (κ3) is 3.69. The second-order valence-electron chi connectivity index (χ2n) is 4.94. The first kappa shape index (κ1) is 15.9. The molecule has 3 rings (SSSR count). The summed E-state index contributed by atoms with van der Waals surface area (Å²) in [5.74, 6) is 1.13. The number of nitrogens with one attached hydrogen (secondary N) is 2. The Morgan fingerprint density at radius 3 is 2.42 bits per heavy atom. The lowest BCUT2D eigenvalue weighted by atomic mass is 10.4. The number of anilines is 3. The molecule has 0 aliphatic heterocycles. The van der Waals surface area contributed by atoms with Gasteiger partial charge in [0.15, 0.2) is 5.82 Å². The molecule has 0 fully saturated rings. The Labute approximate surface area is 137 Å². The highest BCUT2D eigenvalue weighted by atomic mass is 32.2. The number of aromatic nitrogens is 2. The molecule has 2 N–H and O–H groups in total. The first-order chi connectivity index (χ1) is 11.4. The van der Waals surface area contributed by atoms with Gasteiger partial charge in [0.25, 0.3) is 10.0 Å². The van der Waals surface area contributed by atoms with E-state index in [9.17, 15) is 12.8 Å². The molecule has 0 aliphatic carbocycles. The smallest absolute Gasteiger partial charge is 0.261 e. The molecular weight excluding hydrogens is 335 g/mol. The Hall–Kier alpha value is -2.94. The van der Waals surface area contributed by atoms with Crippen LogP contribution in [0, 0.1) is 12.7 Å².